The summed E-state index contributed by atoms with van der Waals surface area (Å²) in [5.41, 5.74) is 1.37. The molecule has 3 nitrogen and oxygen atoms in total. The first-order valence-corrected chi connectivity index (χ1v) is 9.21. The predicted octanol–water partition coefficient (Wildman–Crippen LogP) is 4.23. The fourth-order valence-corrected chi connectivity index (χ4v) is 3.79. The quantitative estimate of drug-likeness (QED) is 0.860. The Balaban J connectivity index is 2.06. The van der Waals surface area contributed by atoms with Crippen LogP contribution in [0.25, 0.3) is 10.8 Å². The van der Waals surface area contributed by atoms with Crippen molar-refractivity contribution >= 4 is 10.8 Å². The van der Waals surface area contributed by atoms with E-state index in [4.69, 9.17) is 4.74 Å². The van der Waals surface area contributed by atoms with Crippen molar-refractivity contribution in [2.24, 2.45) is 5.92 Å². The normalized spacial score (nSPS) is 17.3. The highest BCUT2D eigenvalue weighted by molar-refractivity contribution is 5.88. The second kappa shape index (κ2) is 8.00. The Morgan fingerprint density at radius 1 is 1.04 bits per heavy atom. The van der Waals surface area contributed by atoms with Gasteiger partial charge in [0.25, 0.3) is 0 Å². The highest BCUT2D eigenvalue weighted by Crippen LogP contribution is 2.39. The van der Waals surface area contributed by atoms with Crippen LogP contribution in [-0.4, -0.2) is 38.2 Å². The van der Waals surface area contributed by atoms with E-state index in [0.29, 0.717) is 6.04 Å². The molecule has 1 fully saturated rings. The van der Waals surface area contributed by atoms with Crippen LogP contribution in [0.3, 0.4) is 0 Å². The van der Waals surface area contributed by atoms with Crippen LogP contribution >= 0.6 is 0 Å². The Morgan fingerprint density at radius 2 is 1.79 bits per heavy atom. The lowest BCUT2D eigenvalue weighted by Gasteiger charge is -2.36. The minimum Gasteiger partial charge on any atom is -0.496 e. The second-order valence-corrected chi connectivity index (χ2v) is 7.18. The van der Waals surface area contributed by atoms with Crippen molar-refractivity contribution in [1.82, 2.24) is 10.2 Å². The summed E-state index contributed by atoms with van der Waals surface area (Å²) in [6.45, 7) is 8.99. The monoisotopic (exact) mass is 326 g/mol. The van der Waals surface area contributed by atoms with Crippen LogP contribution in [0, 0.1) is 5.92 Å². The van der Waals surface area contributed by atoms with Crippen LogP contribution in [0.1, 0.15) is 38.3 Å². The topological polar surface area (TPSA) is 24.5 Å². The van der Waals surface area contributed by atoms with E-state index in [1.165, 1.54) is 29.2 Å². The molecule has 2 aromatic rings. The number of methoxy groups -OCH3 is 1. The Bertz CT molecular complexity index is 662. The maximum absolute atomic E-state index is 5.79. The van der Waals surface area contributed by atoms with Crippen LogP contribution in [0.4, 0.5) is 0 Å². The Kier molecular flexibility index (Phi) is 5.75. The van der Waals surface area contributed by atoms with Gasteiger partial charge in [-0.05, 0) is 35.6 Å². The average molecular weight is 326 g/mol. The summed E-state index contributed by atoms with van der Waals surface area (Å²) in [5, 5.41) is 6.12. The molecular formula is C21H30N2O. The van der Waals surface area contributed by atoms with Crippen molar-refractivity contribution < 1.29 is 4.74 Å². The number of piperazine rings is 1. The van der Waals surface area contributed by atoms with Gasteiger partial charge >= 0.3 is 0 Å². The molecule has 1 aliphatic heterocycles. The summed E-state index contributed by atoms with van der Waals surface area (Å²) in [7, 11) is 1.80. The molecule has 3 rings (SSSR count). The highest BCUT2D eigenvalue weighted by Gasteiger charge is 2.26. The molecule has 130 valence electrons. The van der Waals surface area contributed by atoms with Gasteiger partial charge in [-0.25, -0.2) is 0 Å². The van der Waals surface area contributed by atoms with Gasteiger partial charge in [-0.15, -0.1) is 0 Å². The average Bonchev–Trinajstić information content (AvgIpc) is 2.62. The maximum Gasteiger partial charge on any atom is 0.124 e. The molecule has 0 amide bonds. The highest BCUT2D eigenvalue weighted by atomic mass is 16.5. The summed E-state index contributed by atoms with van der Waals surface area (Å²) in [5.74, 6) is 1.75. The van der Waals surface area contributed by atoms with Crippen molar-refractivity contribution in [3.63, 3.8) is 0 Å². The fraction of sp³-hybridized carbons (Fsp3) is 0.524. The van der Waals surface area contributed by atoms with Gasteiger partial charge in [0.1, 0.15) is 5.75 Å². The summed E-state index contributed by atoms with van der Waals surface area (Å²) in [6.07, 6.45) is 2.42. The molecule has 0 radical (unpaired) electrons. The van der Waals surface area contributed by atoms with Crippen molar-refractivity contribution in [3.05, 3.63) is 42.0 Å². The van der Waals surface area contributed by atoms with Gasteiger partial charge in [0.05, 0.1) is 7.11 Å². The molecule has 0 aromatic heterocycles. The van der Waals surface area contributed by atoms with Gasteiger partial charge in [0.2, 0.25) is 0 Å². The minimum absolute atomic E-state index is 0.426. The Hall–Kier alpha value is -1.58. The van der Waals surface area contributed by atoms with Gasteiger partial charge < -0.3 is 10.1 Å². The number of hydrogen-bond acceptors (Lipinski definition) is 3. The van der Waals surface area contributed by atoms with Gasteiger partial charge in [-0.2, -0.15) is 0 Å². The van der Waals surface area contributed by atoms with E-state index < -0.39 is 0 Å². The lowest BCUT2D eigenvalue weighted by atomic mass is 9.91. The number of benzene rings is 2. The standard InChI is InChI=1S/C21H30N2O/c1-16(2)8-10-19(23-14-12-22-13-15-23)21-18-7-5-4-6-17(18)9-11-20(21)24-3/h4-7,9,11,16,19,22H,8,10,12-15H2,1-3H3/t19-/m0/s1. The van der Waals surface area contributed by atoms with E-state index >= 15 is 0 Å². The predicted molar refractivity (Wildman–Crippen MR) is 102 cm³/mol. The first-order valence-electron chi connectivity index (χ1n) is 9.21. The van der Waals surface area contributed by atoms with Crippen LogP contribution in [0.5, 0.6) is 5.75 Å². The molecule has 0 spiro atoms. The van der Waals surface area contributed by atoms with Crippen molar-refractivity contribution in [1.29, 1.82) is 0 Å². The largest absolute Gasteiger partial charge is 0.496 e. The fourth-order valence-electron chi connectivity index (χ4n) is 3.79. The molecule has 1 heterocycles. The van der Waals surface area contributed by atoms with Crippen molar-refractivity contribution in [3.8, 4) is 5.75 Å². The summed E-state index contributed by atoms with van der Waals surface area (Å²) in [4.78, 5) is 2.64. The SMILES string of the molecule is COc1ccc2ccccc2c1[C@H](CCC(C)C)N1CCNCC1. The number of hydrogen-bond donors (Lipinski definition) is 1. The summed E-state index contributed by atoms with van der Waals surface area (Å²) in [6, 6.07) is 13.5. The molecule has 24 heavy (non-hydrogen) atoms. The summed E-state index contributed by atoms with van der Waals surface area (Å²) >= 11 is 0. The van der Waals surface area contributed by atoms with E-state index in [2.05, 4.69) is 60.5 Å². The molecular weight excluding hydrogens is 296 g/mol. The van der Waals surface area contributed by atoms with Crippen LogP contribution in [-0.2, 0) is 0 Å². The molecule has 3 heteroatoms. The van der Waals surface area contributed by atoms with E-state index in [9.17, 15) is 0 Å². The molecule has 0 unspecified atom stereocenters. The lowest BCUT2D eigenvalue weighted by Crippen LogP contribution is -2.45. The summed E-state index contributed by atoms with van der Waals surface area (Å²) < 4.78 is 5.79. The van der Waals surface area contributed by atoms with E-state index in [0.717, 1.165) is 37.8 Å². The first-order chi connectivity index (χ1) is 11.7. The molecule has 2 aromatic carbocycles. The molecule has 1 saturated heterocycles. The number of fused-ring (bicyclic) bond motifs is 1. The zero-order valence-electron chi connectivity index (χ0n) is 15.2. The molecule has 0 saturated carbocycles. The van der Waals surface area contributed by atoms with Gasteiger partial charge in [0.15, 0.2) is 0 Å². The molecule has 0 bridgehead atoms. The Morgan fingerprint density at radius 3 is 2.50 bits per heavy atom. The second-order valence-electron chi connectivity index (χ2n) is 7.18. The third kappa shape index (κ3) is 3.73. The molecule has 1 aliphatic rings. The van der Waals surface area contributed by atoms with E-state index in [1.54, 1.807) is 7.11 Å². The van der Waals surface area contributed by atoms with Crippen molar-refractivity contribution in [2.45, 2.75) is 32.7 Å². The maximum atomic E-state index is 5.79. The lowest BCUT2D eigenvalue weighted by molar-refractivity contribution is 0.158. The van der Waals surface area contributed by atoms with Gasteiger partial charge in [-0.3, -0.25) is 4.90 Å². The van der Waals surface area contributed by atoms with Crippen LogP contribution in [0.15, 0.2) is 36.4 Å². The number of rotatable bonds is 6. The number of nitrogens with zero attached hydrogens (tertiary/aromatic N) is 1. The molecule has 0 aliphatic carbocycles. The van der Waals surface area contributed by atoms with E-state index in [-0.39, 0.29) is 0 Å². The zero-order valence-corrected chi connectivity index (χ0v) is 15.2. The van der Waals surface area contributed by atoms with Crippen LogP contribution in [0.2, 0.25) is 0 Å². The third-order valence-electron chi connectivity index (χ3n) is 5.09. The molecule has 1 atom stereocenters. The zero-order chi connectivity index (χ0) is 16.9. The number of nitrogens with one attached hydrogen (secondary N) is 1. The molecule has 1 N–H and O–H groups in total. The Labute approximate surface area is 146 Å². The van der Waals surface area contributed by atoms with Crippen molar-refractivity contribution in [2.75, 3.05) is 33.3 Å². The van der Waals surface area contributed by atoms with E-state index in [1.807, 2.05) is 0 Å². The van der Waals surface area contributed by atoms with Crippen LogP contribution < -0.4 is 10.1 Å². The number of ether oxygens (including phenoxy) is 1. The third-order valence-corrected chi connectivity index (χ3v) is 5.09. The van der Waals surface area contributed by atoms with Gasteiger partial charge in [-0.1, -0.05) is 44.2 Å². The first kappa shape index (κ1) is 17.2. The van der Waals surface area contributed by atoms with Gasteiger partial charge in [0, 0.05) is 37.8 Å². The minimum atomic E-state index is 0.426. The smallest absolute Gasteiger partial charge is 0.124 e.